The molecule has 3 nitrogen and oxygen atoms in total. The lowest BCUT2D eigenvalue weighted by Gasteiger charge is -2.34. The number of anilines is 1. The zero-order valence-corrected chi connectivity index (χ0v) is 11.6. The SMILES string of the molecule is CC(=O)N[C@@H]1C[C@H](C2CC2)Nc2ccc(C(F)(F)F)cc21. The molecule has 0 spiro atoms. The van der Waals surface area contributed by atoms with Crippen LogP contribution in [-0.2, 0) is 11.0 Å². The van der Waals surface area contributed by atoms with Crippen LogP contribution in [0.1, 0.15) is 43.4 Å². The minimum atomic E-state index is -4.37. The van der Waals surface area contributed by atoms with Crippen LogP contribution in [-0.4, -0.2) is 11.9 Å². The quantitative estimate of drug-likeness (QED) is 0.877. The first-order chi connectivity index (χ1) is 9.84. The molecule has 1 aromatic rings. The van der Waals surface area contributed by atoms with Crippen LogP contribution in [0.15, 0.2) is 18.2 Å². The van der Waals surface area contributed by atoms with Crippen LogP contribution >= 0.6 is 0 Å². The van der Waals surface area contributed by atoms with Crippen molar-refractivity contribution in [2.75, 3.05) is 5.32 Å². The van der Waals surface area contributed by atoms with E-state index >= 15 is 0 Å². The maximum Gasteiger partial charge on any atom is 0.416 e. The van der Waals surface area contributed by atoms with Crippen LogP contribution in [0.25, 0.3) is 0 Å². The molecule has 1 aliphatic carbocycles. The van der Waals surface area contributed by atoms with Gasteiger partial charge in [-0.3, -0.25) is 4.79 Å². The summed E-state index contributed by atoms with van der Waals surface area (Å²) in [6.45, 7) is 1.39. The molecule has 0 bridgehead atoms. The molecule has 0 saturated heterocycles. The molecule has 0 unspecified atom stereocenters. The Kier molecular flexibility index (Phi) is 3.34. The van der Waals surface area contributed by atoms with Gasteiger partial charge in [0.1, 0.15) is 0 Å². The van der Waals surface area contributed by atoms with Gasteiger partial charge in [0.2, 0.25) is 5.91 Å². The van der Waals surface area contributed by atoms with Gasteiger partial charge >= 0.3 is 6.18 Å². The number of hydrogen-bond donors (Lipinski definition) is 2. The predicted octanol–water partition coefficient (Wildman–Crippen LogP) is 3.48. The highest BCUT2D eigenvalue weighted by molar-refractivity contribution is 5.74. The van der Waals surface area contributed by atoms with E-state index in [1.54, 1.807) is 0 Å². The Labute approximate surface area is 120 Å². The number of fused-ring (bicyclic) bond motifs is 1. The van der Waals surface area contributed by atoms with E-state index in [0.717, 1.165) is 25.0 Å². The number of rotatable bonds is 2. The molecule has 3 rings (SSSR count). The van der Waals surface area contributed by atoms with Gasteiger partial charge in [-0.25, -0.2) is 0 Å². The molecule has 114 valence electrons. The Morgan fingerprint density at radius 3 is 2.62 bits per heavy atom. The average molecular weight is 298 g/mol. The number of benzene rings is 1. The summed E-state index contributed by atoms with van der Waals surface area (Å²) in [6, 6.07) is 3.58. The summed E-state index contributed by atoms with van der Waals surface area (Å²) in [4.78, 5) is 11.3. The lowest BCUT2D eigenvalue weighted by atomic mass is 9.89. The van der Waals surface area contributed by atoms with Crippen molar-refractivity contribution in [1.82, 2.24) is 5.32 Å². The smallest absolute Gasteiger partial charge is 0.382 e. The van der Waals surface area contributed by atoms with Gasteiger partial charge < -0.3 is 10.6 Å². The normalized spacial score (nSPS) is 25.0. The molecule has 1 saturated carbocycles. The number of carbonyl (C=O) groups excluding carboxylic acids is 1. The summed E-state index contributed by atoms with van der Waals surface area (Å²) in [5.74, 6) is 0.344. The first-order valence-corrected chi connectivity index (χ1v) is 7.09. The highest BCUT2D eigenvalue weighted by Gasteiger charge is 2.38. The maximum atomic E-state index is 12.9. The molecule has 21 heavy (non-hydrogen) atoms. The van der Waals surface area contributed by atoms with Gasteiger partial charge in [0.15, 0.2) is 0 Å². The fourth-order valence-corrected chi connectivity index (χ4v) is 2.99. The molecule has 2 N–H and O–H groups in total. The molecule has 1 amide bonds. The summed E-state index contributed by atoms with van der Waals surface area (Å²) in [7, 11) is 0. The standard InChI is InChI=1S/C15H17F3N2O/c1-8(21)19-14-7-13(9-2-3-9)20-12-5-4-10(6-11(12)14)15(16,17)18/h4-6,9,13-14,20H,2-3,7H2,1H3,(H,19,21)/t13-,14-/m1/s1. The minimum Gasteiger partial charge on any atom is -0.382 e. The van der Waals surface area contributed by atoms with E-state index < -0.39 is 11.7 Å². The Hall–Kier alpha value is -1.72. The van der Waals surface area contributed by atoms with Gasteiger partial charge in [0, 0.05) is 18.7 Å². The zero-order valence-electron chi connectivity index (χ0n) is 11.6. The summed E-state index contributed by atoms with van der Waals surface area (Å²) < 4.78 is 38.6. The monoisotopic (exact) mass is 298 g/mol. The van der Waals surface area contributed by atoms with Crippen molar-refractivity contribution in [3.8, 4) is 0 Å². The van der Waals surface area contributed by atoms with Crippen molar-refractivity contribution in [2.45, 2.75) is 44.4 Å². The highest BCUT2D eigenvalue weighted by Crippen LogP contribution is 2.44. The molecule has 1 aliphatic heterocycles. The van der Waals surface area contributed by atoms with E-state index in [9.17, 15) is 18.0 Å². The van der Waals surface area contributed by atoms with Crippen molar-refractivity contribution in [2.24, 2.45) is 5.92 Å². The summed E-state index contributed by atoms with van der Waals surface area (Å²) in [5, 5.41) is 6.11. The van der Waals surface area contributed by atoms with Gasteiger partial charge in [-0.05, 0) is 48.9 Å². The van der Waals surface area contributed by atoms with E-state index in [4.69, 9.17) is 0 Å². The van der Waals surface area contributed by atoms with Crippen LogP contribution in [0.3, 0.4) is 0 Å². The third-order valence-corrected chi connectivity index (χ3v) is 4.15. The van der Waals surface area contributed by atoms with Crippen LogP contribution in [0.5, 0.6) is 0 Å². The number of amides is 1. The summed E-state index contributed by atoms with van der Waals surface area (Å²) in [5.41, 5.74) is 0.546. The number of halogens is 3. The lowest BCUT2D eigenvalue weighted by molar-refractivity contribution is -0.137. The first-order valence-electron chi connectivity index (χ1n) is 7.09. The zero-order chi connectivity index (χ0) is 15.2. The Balaban J connectivity index is 1.95. The molecule has 2 aliphatic rings. The van der Waals surface area contributed by atoms with Crippen LogP contribution in [0.2, 0.25) is 0 Å². The second-order valence-corrected chi connectivity index (χ2v) is 5.88. The fourth-order valence-electron chi connectivity index (χ4n) is 2.99. The van der Waals surface area contributed by atoms with Crippen molar-refractivity contribution >= 4 is 11.6 Å². The Morgan fingerprint density at radius 1 is 1.33 bits per heavy atom. The van der Waals surface area contributed by atoms with Gasteiger partial charge in [0.05, 0.1) is 11.6 Å². The average Bonchev–Trinajstić information content (AvgIpc) is 3.20. The summed E-state index contributed by atoms with van der Waals surface area (Å²) >= 11 is 0. The molecular formula is C15H17F3N2O. The highest BCUT2D eigenvalue weighted by atomic mass is 19.4. The molecule has 1 fully saturated rings. The largest absolute Gasteiger partial charge is 0.416 e. The fraction of sp³-hybridized carbons (Fsp3) is 0.533. The third kappa shape index (κ3) is 2.99. The molecule has 0 radical (unpaired) electrons. The van der Waals surface area contributed by atoms with E-state index in [1.165, 1.54) is 13.0 Å². The van der Waals surface area contributed by atoms with E-state index in [0.29, 0.717) is 23.6 Å². The maximum absolute atomic E-state index is 12.9. The van der Waals surface area contributed by atoms with Gasteiger partial charge in [0.25, 0.3) is 0 Å². The minimum absolute atomic E-state index is 0.222. The Bertz CT molecular complexity index is 567. The molecule has 0 aromatic heterocycles. The Morgan fingerprint density at radius 2 is 2.05 bits per heavy atom. The molecule has 1 heterocycles. The molecular weight excluding hydrogens is 281 g/mol. The number of alkyl halides is 3. The predicted molar refractivity (Wildman–Crippen MR) is 72.8 cm³/mol. The summed E-state index contributed by atoms with van der Waals surface area (Å²) in [6.07, 6.45) is -1.46. The molecule has 6 heteroatoms. The second-order valence-electron chi connectivity index (χ2n) is 5.88. The van der Waals surface area contributed by atoms with Crippen LogP contribution in [0, 0.1) is 5.92 Å². The van der Waals surface area contributed by atoms with E-state index in [2.05, 4.69) is 10.6 Å². The second kappa shape index (κ2) is 4.93. The van der Waals surface area contributed by atoms with Crippen LogP contribution < -0.4 is 10.6 Å². The van der Waals surface area contributed by atoms with Crippen molar-refractivity contribution in [3.63, 3.8) is 0 Å². The number of carbonyl (C=O) groups is 1. The van der Waals surface area contributed by atoms with Crippen molar-refractivity contribution < 1.29 is 18.0 Å². The topological polar surface area (TPSA) is 41.1 Å². The lowest BCUT2D eigenvalue weighted by Crippen LogP contribution is -2.37. The van der Waals surface area contributed by atoms with Crippen molar-refractivity contribution in [3.05, 3.63) is 29.3 Å². The van der Waals surface area contributed by atoms with E-state index in [1.807, 2.05) is 0 Å². The van der Waals surface area contributed by atoms with Gasteiger partial charge in [-0.1, -0.05) is 0 Å². The van der Waals surface area contributed by atoms with Crippen molar-refractivity contribution in [1.29, 1.82) is 0 Å². The van der Waals surface area contributed by atoms with Crippen LogP contribution in [0.4, 0.5) is 18.9 Å². The number of hydrogen-bond acceptors (Lipinski definition) is 2. The van der Waals surface area contributed by atoms with Gasteiger partial charge in [-0.15, -0.1) is 0 Å². The third-order valence-electron chi connectivity index (χ3n) is 4.15. The van der Waals surface area contributed by atoms with E-state index in [-0.39, 0.29) is 18.0 Å². The molecule has 1 aromatic carbocycles. The first kappa shape index (κ1) is 14.2. The number of nitrogens with one attached hydrogen (secondary N) is 2. The molecule has 2 atom stereocenters. The van der Waals surface area contributed by atoms with Gasteiger partial charge in [-0.2, -0.15) is 13.2 Å².